The first-order valence-electron chi connectivity index (χ1n) is 4.56. The average Bonchev–Trinajstić information content (AvgIpc) is 2.68. The van der Waals surface area contributed by atoms with Crippen LogP contribution in [0, 0.1) is 0 Å². The molecule has 1 aromatic carbocycles. The Morgan fingerprint density at radius 3 is 2.53 bits per heavy atom. The molecule has 0 spiro atoms. The number of halogens is 1. The Labute approximate surface area is 101 Å². The Morgan fingerprint density at radius 2 is 2.00 bits per heavy atom. The van der Waals surface area contributed by atoms with Crippen molar-refractivity contribution in [1.29, 1.82) is 0 Å². The lowest BCUT2D eigenvalue weighted by Gasteiger charge is -1.98. The molecule has 0 aliphatic rings. The van der Waals surface area contributed by atoms with Gasteiger partial charge in [-0.05, 0) is 19.1 Å². The normalized spacial score (nSPS) is 12.7. The van der Waals surface area contributed by atoms with E-state index in [1.165, 1.54) is 0 Å². The average molecular weight is 284 g/mol. The number of aliphatic hydroxyl groups is 1. The zero-order chi connectivity index (χ0) is 10.8. The molecule has 0 aliphatic heterocycles. The third-order valence-corrected chi connectivity index (χ3v) is 3.48. The van der Waals surface area contributed by atoms with E-state index in [0.717, 1.165) is 20.7 Å². The van der Waals surface area contributed by atoms with Crippen molar-refractivity contribution in [1.82, 2.24) is 4.98 Å². The van der Waals surface area contributed by atoms with Crippen molar-refractivity contribution in [2.45, 2.75) is 13.0 Å². The first-order valence-corrected chi connectivity index (χ1v) is 6.23. The highest BCUT2D eigenvalue weighted by Crippen LogP contribution is 2.27. The lowest BCUT2D eigenvalue weighted by molar-refractivity contribution is 0.195. The monoisotopic (exact) mass is 283 g/mol. The fourth-order valence-corrected chi connectivity index (χ4v) is 2.38. The zero-order valence-corrected chi connectivity index (χ0v) is 10.5. The van der Waals surface area contributed by atoms with Crippen molar-refractivity contribution < 1.29 is 5.11 Å². The van der Waals surface area contributed by atoms with Crippen LogP contribution in [-0.2, 0) is 0 Å². The summed E-state index contributed by atoms with van der Waals surface area (Å²) >= 11 is 4.94. The molecule has 0 fully saturated rings. The molecule has 2 rings (SSSR count). The van der Waals surface area contributed by atoms with Crippen LogP contribution in [0.25, 0.3) is 10.6 Å². The van der Waals surface area contributed by atoms with Crippen molar-refractivity contribution in [3.63, 3.8) is 0 Å². The van der Waals surface area contributed by atoms with Crippen LogP contribution in [0.4, 0.5) is 0 Å². The van der Waals surface area contributed by atoms with E-state index in [2.05, 4.69) is 20.9 Å². The van der Waals surface area contributed by atoms with Crippen molar-refractivity contribution in [3.8, 4) is 10.6 Å². The summed E-state index contributed by atoms with van der Waals surface area (Å²) in [6, 6.07) is 7.99. The third kappa shape index (κ3) is 2.45. The second kappa shape index (κ2) is 4.43. The minimum absolute atomic E-state index is 0.495. The van der Waals surface area contributed by atoms with Gasteiger partial charge in [-0.25, -0.2) is 4.98 Å². The van der Waals surface area contributed by atoms with Gasteiger partial charge in [0.15, 0.2) is 0 Å². The topological polar surface area (TPSA) is 33.1 Å². The number of hydrogen-bond acceptors (Lipinski definition) is 3. The minimum atomic E-state index is -0.495. The molecular weight excluding hydrogens is 274 g/mol. The quantitative estimate of drug-likeness (QED) is 0.913. The van der Waals surface area contributed by atoms with Gasteiger partial charge >= 0.3 is 0 Å². The number of nitrogens with zero attached hydrogens (tertiary/aromatic N) is 1. The summed E-state index contributed by atoms with van der Waals surface area (Å²) < 4.78 is 1.05. The summed E-state index contributed by atoms with van der Waals surface area (Å²) in [5, 5.41) is 12.2. The van der Waals surface area contributed by atoms with E-state index in [1.54, 1.807) is 18.3 Å². The van der Waals surface area contributed by atoms with Gasteiger partial charge in [0.05, 0.1) is 11.8 Å². The molecule has 2 nitrogen and oxygen atoms in total. The summed E-state index contributed by atoms with van der Waals surface area (Å²) in [6.45, 7) is 1.72. The van der Waals surface area contributed by atoms with Crippen molar-refractivity contribution in [2.24, 2.45) is 0 Å². The maximum Gasteiger partial charge on any atom is 0.123 e. The summed E-state index contributed by atoms with van der Waals surface area (Å²) in [5.74, 6) is 0. The molecule has 0 radical (unpaired) electrons. The predicted octanol–water partition coefficient (Wildman–Crippen LogP) is 3.63. The molecule has 1 N–H and O–H groups in total. The molecule has 78 valence electrons. The van der Waals surface area contributed by atoms with Crippen LogP contribution in [0.3, 0.4) is 0 Å². The Bertz CT molecular complexity index is 450. The van der Waals surface area contributed by atoms with Crippen LogP contribution in [0.1, 0.15) is 18.7 Å². The number of benzene rings is 1. The van der Waals surface area contributed by atoms with Crippen LogP contribution in [-0.4, -0.2) is 10.1 Å². The number of thiazole rings is 1. The van der Waals surface area contributed by atoms with Gasteiger partial charge in [0, 0.05) is 15.4 Å². The Balaban J connectivity index is 2.33. The van der Waals surface area contributed by atoms with E-state index < -0.39 is 6.10 Å². The van der Waals surface area contributed by atoms with Gasteiger partial charge in [0.1, 0.15) is 5.01 Å². The van der Waals surface area contributed by atoms with Crippen LogP contribution in [0.2, 0.25) is 0 Å². The van der Waals surface area contributed by atoms with E-state index >= 15 is 0 Å². The molecular formula is C11H10BrNOS. The first-order chi connectivity index (χ1) is 7.16. The molecule has 0 bridgehead atoms. The molecule has 0 aliphatic carbocycles. The molecule has 0 unspecified atom stereocenters. The standard InChI is InChI=1S/C11H10BrNOS/c1-7(14)10-6-15-11(13-10)8-2-4-9(12)5-3-8/h2-7,14H,1H3/t7-/m0/s1. The van der Waals surface area contributed by atoms with Gasteiger partial charge in [-0.1, -0.05) is 28.1 Å². The van der Waals surface area contributed by atoms with Crippen LogP contribution < -0.4 is 0 Å². The van der Waals surface area contributed by atoms with Gasteiger partial charge in [0.25, 0.3) is 0 Å². The molecule has 1 heterocycles. The van der Waals surface area contributed by atoms with Crippen LogP contribution in [0.5, 0.6) is 0 Å². The van der Waals surface area contributed by atoms with E-state index in [-0.39, 0.29) is 0 Å². The van der Waals surface area contributed by atoms with Crippen molar-refractivity contribution in [3.05, 3.63) is 39.8 Å². The van der Waals surface area contributed by atoms with Gasteiger partial charge in [-0.2, -0.15) is 0 Å². The van der Waals surface area contributed by atoms with Gasteiger partial charge < -0.3 is 5.11 Å². The van der Waals surface area contributed by atoms with E-state index in [1.807, 2.05) is 29.6 Å². The Kier molecular flexibility index (Phi) is 3.19. The molecule has 1 aromatic heterocycles. The molecule has 0 saturated heterocycles. The lowest BCUT2D eigenvalue weighted by Crippen LogP contribution is -1.90. The summed E-state index contributed by atoms with van der Waals surface area (Å²) in [4.78, 5) is 4.36. The number of rotatable bonds is 2. The highest BCUT2D eigenvalue weighted by atomic mass is 79.9. The number of hydrogen-bond donors (Lipinski definition) is 1. The molecule has 1 atom stereocenters. The summed E-state index contributed by atoms with van der Waals surface area (Å²) in [7, 11) is 0. The highest BCUT2D eigenvalue weighted by Gasteiger charge is 2.07. The second-order valence-corrected chi connectivity index (χ2v) is 5.03. The fourth-order valence-electron chi connectivity index (χ4n) is 1.20. The van der Waals surface area contributed by atoms with E-state index in [0.29, 0.717) is 0 Å². The molecule has 2 aromatic rings. The van der Waals surface area contributed by atoms with Gasteiger partial charge in [0.2, 0.25) is 0 Å². The zero-order valence-electron chi connectivity index (χ0n) is 8.14. The van der Waals surface area contributed by atoms with Crippen LogP contribution >= 0.6 is 27.3 Å². The highest BCUT2D eigenvalue weighted by molar-refractivity contribution is 9.10. The van der Waals surface area contributed by atoms with Crippen molar-refractivity contribution >= 4 is 27.3 Å². The summed E-state index contributed by atoms with van der Waals surface area (Å²) in [5.41, 5.74) is 1.81. The van der Waals surface area contributed by atoms with E-state index in [4.69, 9.17) is 0 Å². The number of aliphatic hydroxyl groups excluding tert-OH is 1. The minimum Gasteiger partial charge on any atom is -0.387 e. The maximum atomic E-state index is 9.36. The molecule has 15 heavy (non-hydrogen) atoms. The van der Waals surface area contributed by atoms with Crippen molar-refractivity contribution in [2.75, 3.05) is 0 Å². The Morgan fingerprint density at radius 1 is 1.33 bits per heavy atom. The smallest absolute Gasteiger partial charge is 0.123 e. The lowest BCUT2D eigenvalue weighted by atomic mass is 10.2. The van der Waals surface area contributed by atoms with Gasteiger partial charge in [-0.15, -0.1) is 11.3 Å². The fraction of sp³-hybridized carbons (Fsp3) is 0.182. The maximum absolute atomic E-state index is 9.36. The van der Waals surface area contributed by atoms with E-state index in [9.17, 15) is 5.11 Å². The molecule has 0 amide bonds. The summed E-state index contributed by atoms with van der Waals surface area (Å²) in [6.07, 6.45) is -0.495. The largest absolute Gasteiger partial charge is 0.387 e. The SMILES string of the molecule is C[C@H](O)c1csc(-c2ccc(Br)cc2)n1. The third-order valence-electron chi connectivity index (χ3n) is 2.04. The Hall–Kier alpha value is -0.710. The van der Waals surface area contributed by atoms with Gasteiger partial charge in [-0.3, -0.25) is 0 Å². The number of aromatic nitrogens is 1. The molecule has 4 heteroatoms. The van der Waals surface area contributed by atoms with Crippen LogP contribution in [0.15, 0.2) is 34.1 Å². The molecule has 0 saturated carbocycles. The second-order valence-electron chi connectivity index (χ2n) is 3.26. The first kappa shape index (κ1) is 10.8. The predicted molar refractivity (Wildman–Crippen MR) is 65.9 cm³/mol.